The fourth-order valence-electron chi connectivity index (χ4n) is 7.41. The summed E-state index contributed by atoms with van der Waals surface area (Å²) in [6.45, 7) is 8.89. The van der Waals surface area contributed by atoms with Gasteiger partial charge in [0, 0.05) is 11.8 Å². The van der Waals surface area contributed by atoms with Crippen molar-refractivity contribution in [2.24, 2.45) is 34.5 Å². The highest BCUT2D eigenvalue weighted by Gasteiger charge is 2.64. The Morgan fingerprint density at radius 2 is 1.88 bits per heavy atom. The van der Waals surface area contributed by atoms with Crippen LogP contribution in [0.5, 0.6) is 0 Å². The summed E-state index contributed by atoms with van der Waals surface area (Å²) in [6, 6.07) is 0. The maximum Gasteiger partial charge on any atom is 0.155 e. The number of carbonyl (C=O) groups is 1. The van der Waals surface area contributed by atoms with Crippen LogP contribution >= 0.6 is 0 Å². The van der Waals surface area contributed by atoms with Gasteiger partial charge in [-0.15, -0.1) is 5.92 Å². The Bertz CT molecular complexity index is 695. The van der Waals surface area contributed by atoms with Gasteiger partial charge < -0.3 is 5.11 Å². The monoisotopic (exact) mass is 340 g/mol. The first-order chi connectivity index (χ1) is 11.7. The molecule has 0 bridgehead atoms. The van der Waals surface area contributed by atoms with E-state index in [1.54, 1.807) is 0 Å². The van der Waals surface area contributed by atoms with Crippen molar-refractivity contribution in [2.45, 2.75) is 78.2 Å². The minimum Gasteiger partial charge on any atom is -0.377 e. The Morgan fingerprint density at radius 3 is 2.60 bits per heavy atom. The summed E-state index contributed by atoms with van der Waals surface area (Å²) >= 11 is 0. The quantitative estimate of drug-likeness (QED) is 0.658. The first kappa shape index (κ1) is 17.3. The summed E-state index contributed by atoms with van der Waals surface area (Å²) in [6.07, 6.45) is 9.05. The van der Waals surface area contributed by atoms with Gasteiger partial charge in [0.15, 0.2) is 5.78 Å². The predicted molar refractivity (Wildman–Crippen MR) is 99.7 cm³/mol. The zero-order valence-corrected chi connectivity index (χ0v) is 16.2. The van der Waals surface area contributed by atoms with Gasteiger partial charge in [-0.1, -0.05) is 32.3 Å². The van der Waals surface area contributed by atoms with Crippen LogP contribution in [0.3, 0.4) is 0 Å². The van der Waals surface area contributed by atoms with Crippen LogP contribution in [-0.4, -0.2) is 16.5 Å². The van der Waals surface area contributed by atoms with Gasteiger partial charge in [0.2, 0.25) is 0 Å². The van der Waals surface area contributed by atoms with E-state index in [0.717, 1.165) is 25.7 Å². The fourth-order valence-corrected chi connectivity index (χ4v) is 7.41. The molecule has 2 heteroatoms. The van der Waals surface area contributed by atoms with Crippen LogP contribution < -0.4 is 0 Å². The van der Waals surface area contributed by atoms with E-state index in [9.17, 15) is 9.90 Å². The van der Waals surface area contributed by atoms with E-state index in [2.05, 4.69) is 32.6 Å². The Labute approximate surface area is 152 Å². The van der Waals surface area contributed by atoms with Crippen molar-refractivity contribution < 1.29 is 9.90 Å². The van der Waals surface area contributed by atoms with Crippen molar-refractivity contribution in [3.8, 4) is 11.8 Å². The van der Waals surface area contributed by atoms with E-state index in [4.69, 9.17) is 0 Å². The lowest BCUT2D eigenvalue weighted by molar-refractivity contribution is -0.121. The minimum atomic E-state index is -0.805. The fraction of sp³-hybridized carbons (Fsp3) is 0.783. The minimum absolute atomic E-state index is 0.0705. The van der Waals surface area contributed by atoms with Gasteiger partial charge in [0.05, 0.1) is 0 Å². The maximum absolute atomic E-state index is 12.0. The van der Waals surface area contributed by atoms with Gasteiger partial charge in [0.1, 0.15) is 5.60 Å². The zero-order valence-electron chi connectivity index (χ0n) is 16.2. The van der Waals surface area contributed by atoms with E-state index >= 15 is 0 Å². The first-order valence-electron chi connectivity index (χ1n) is 10.2. The molecule has 0 aromatic rings. The molecule has 0 saturated heterocycles. The second-order valence-electron chi connectivity index (χ2n) is 9.73. The highest BCUT2D eigenvalue weighted by molar-refractivity contribution is 5.91. The smallest absolute Gasteiger partial charge is 0.155 e. The molecule has 0 radical (unpaired) electrons. The summed E-state index contributed by atoms with van der Waals surface area (Å²) in [5, 5.41) is 11.3. The lowest BCUT2D eigenvalue weighted by Gasteiger charge is -2.60. The molecule has 136 valence electrons. The molecule has 0 aromatic carbocycles. The van der Waals surface area contributed by atoms with Crippen LogP contribution in [0.2, 0.25) is 0 Å². The van der Waals surface area contributed by atoms with Crippen molar-refractivity contribution in [3.05, 3.63) is 11.6 Å². The molecule has 4 rings (SSSR count). The van der Waals surface area contributed by atoms with E-state index < -0.39 is 5.60 Å². The molecule has 0 aliphatic heterocycles. The van der Waals surface area contributed by atoms with Gasteiger partial charge in [-0.2, -0.15) is 0 Å². The molecular formula is C23H32O2. The molecule has 0 heterocycles. The van der Waals surface area contributed by atoms with Crippen LogP contribution in [0.15, 0.2) is 11.6 Å². The Kier molecular flexibility index (Phi) is 3.79. The SMILES string of the molecule is CC#C[C@]1(O)CC[C@H]2[C@@H]3CC(C)C4=CC(=O)CC[C@]4(C)[C@H]3CC[C@@]21C. The molecule has 25 heavy (non-hydrogen) atoms. The van der Waals surface area contributed by atoms with Crippen LogP contribution in [0.1, 0.15) is 72.6 Å². The number of allylic oxidation sites excluding steroid dienone is 1. The van der Waals surface area contributed by atoms with E-state index in [1.165, 1.54) is 18.4 Å². The summed E-state index contributed by atoms with van der Waals surface area (Å²) < 4.78 is 0. The van der Waals surface area contributed by atoms with Crippen LogP contribution in [0.4, 0.5) is 0 Å². The van der Waals surface area contributed by atoms with Crippen molar-refractivity contribution in [2.75, 3.05) is 0 Å². The Hall–Kier alpha value is -1.07. The van der Waals surface area contributed by atoms with E-state index in [0.29, 0.717) is 35.9 Å². The normalized spacial score (nSPS) is 51.6. The predicted octanol–water partition coefficient (Wildman–Crippen LogP) is 4.52. The molecule has 1 N–H and O–H groups in total. The Morgan fingerprint density at radius 1 is 1.16 bits per heavy atom. The number of fused-ring (bicyclic) bond motifs is 5. The molecule has 4 aliphatic rings. The molecule has 2 nitrogen and oxygen atoms in total. The molecule has 0 aromatic heterocycles. The van der Waals surface area contributed by atoms with Crippen molar-refractivity contribution in [1.82, 2.24) is 0 Å². The Balaban J connectivity index is 1.73. The summed E-state index contributed by atoms with van der Waals surface area (Å²) in [5.74, 6) is 8.90. The molecular weight excluding hydrogens is 308 g/mol. The first-order valence-corrected chi connectivity index (χ1v) is 10.2. The second kappa shape index (κ2) is 5.46. The van der Waals surface area contributed by atoms with Crippen LogP contribution in [-0.2, 0) is 4.79 Å². The highest BCUT2D eigenvalue weighted by Crippen LogP contribution is 2.68. The highest BCUT2D eigenvalue weighted by atomic mass is 16.3. The molecule has 4 aliphatic carbocycles. The molecule has 0 amide bonds. The molecule has 3 fully saturated rings. The largest absolute Gasteiger partial charge is 0.377 e. The third kappa shape index (κ3) is 2.18. The van der Waals surface area contributed by atoms with Gasteiger partial charge in [0.25, 0.3) is 0 Å². The number of hydrogen-bond acceptors (Lipinski definition) is 2. The standard InChI is InChI=1S/C23H32O2/c1-5-9-23(25)12-8-19-17-13-15(2)20-14-16(24)6-10-21(20,3)18(17)7-11-22(19,23)4/h14-15,17-19,25H,6-8,10-13H2,1-4H3/t15?,17-,18+,19+,21-,22+,23+/m1/s1. The molecule has 1 unspecified atom stereocenters. The average molecular weight is 341 g/mol. The second-order valence-corrected chi connectivity index (χ2v) is 9.73. The average Bonchev–Trinajstić information content (AvgIpc) is 2.82. The summed E-state index contributed by atoms with van der Waals surface area (Å²) in [5.41, 5.74) is 0.739. The van der Waals surface area contributed by atoms with Gasteiger partial charge >= 0.3 is 0 Å². The lowest BCUT2D eigenvalue weighted by atomic mass is 9.45. The zero-order chi connectivity index (χ0) is 18.0. The molecule has 0 spiro atoms. The third-order valence-corrected chi connectivity index (χ3v) is 8.76. The van der Waals surface area contributed by atoms with Crippen molar-refractivity contribution in [3.63, 3.8) is 0 Å². The maximum atomic E-state index is 12.0. The summed E-state index contributed by atoms with van der Waals surface area (Å²) in [4.78, 5) is 12.0. The number of aliphatic hydroxyl groups is 1. The number of ketones is 1. The molecule has 7 atom stereocenters. The topological polar surface area (TPSA) is 37.3 Å². The van der Waals surface area contributed by atoms with Crippen molar-refractivity contribution >= 4 is 5.78 Å². The third-order valence-electron chi connectivity index (χ3n) is 8.76. The lowest BCUT2D eigenvalue weighted by Crippen LogP contribution is -2.55. The van der Waals surface area contributed by atoms with Gasteiger partial charge in [-0.05, 0) is 80.6 Å². The number of carbonyl (C=O) groups excluding carboxylic acids is 1. The van der Waals surface area contributed by atoms with Crippen molar-refractivity contribution in [1.29, 1.82) is 0 Å². The van der Waals surface area contributed by atoms with E-state index in [-0.39, 0.29) is 10.8 Å². The van der Waals surface area contributed by atoms with E-state index in [1.807, 2.05) is 13.0 Å². The van der Waals surface area contributed by atoms with Gasteiger partial charge in [-0.3, -0.25) is 4.79 Å². The van der Waals surface area contributed by atoms with Crippen LogP contribution in [0.25, 0.3) is 0 Å². The number of rotatable bonds is 0. The molecule has 3 saturated carbocycles. The summed E-state index contributed by atoms with van der Waals surface area (Å²) in [7, 11) is 0. The van der Waals surface area contributed by atoms with Crippen LogP contribution in [0, 0.1) is 46.3 Å². The number of hydrogen-bond donors (Lipinski definition) is 1. The van der Waals surface area contributed by atoms with Gasteiger partial charge in [-0.25, -0.2) is 0 Å².